The number of hydrogen-bond acceptors (Lipinski definition) is 5. The van der Waals surface area contributed by atoms with Crippen LogP contribution < -0.4 is 0 Å². The average molecular weight is 345 g/mol. The third-order valence-corrected chi connectivity index (χ3v) is 6.03. The molecule has 2 aliphatic heterocycles. The summed E-state index contributed by atoms with van der Waals surface area (Å²) in [7, 11) is 2.06. The number of imidazole rings is 1. The van der Waals surface area contributed by atoms with E-state index in [-0.39, 0.29) is 0 Å². The van der Waals surface area contributed by atoms with Crippen molar-refractivity contribution in [1.82, 2.24) is 14.5 Å². The average Bonchev–Trinajstić information content (AvgIpc) is 2.91. The zero-order chi connectivity index (χ0) is 17.7. The molecule has 4 rings (SSSR count). The quantitative estimate of drug-likeness (QED) is 0.862. The molecule has 0 radical (unpaired) electrons. The number of aryl methyl sites for hydroxylation is 1. The minimum Gasteiger partial charge on any atom is -0.387 e. The molecule has 2 atom stereocenters. The SMILES string of the molecule is Cn1c(CN2CCC3(CC2)OCC[C@@](C)(O)[C@@H]3O)nc2ccccc21. The van der Waals surface area contributed by atoms with Crippen molar-refractivity contribution in [2.75, 3.05) is 19.7 Å². The Morgan fingerprint density at radius 2 is 1.96 bits per heavy atom. The van der Waals surface area contributed by atoms with Crippen LogP contribution in [0.1, 0.15) is 32.0 Å². The topological polar surface area (TPSA) is 70.8 Å². The van der Waals surface area contributed by atoms with Gasteiger partial charge in [-0.15, -0.1) is 0 Å². The number of aliphatic hydroxyl groups excluding tert-OH is 1. The molecule has 0 amide bonds. The normalized spacial score (nSPS) is 30.2. The lowest BCUT2D eigenvalue weighted by atomic mass is 9.75. The number of fused-ring (bicyclic) bond motifs is 1. The van der Waals surface area contributed by atoms with Crippen molar-refractivity contribution in [3.63, 3.8) is 0 Å². The van der Waals surface area contributed by atoms with E-state index in [1.54, 1.807) is 6.92 Å². The van der Waals surface area contributed by atoms with E-state index in [0.717, 1.165) is 49.3 Å². The smallest absolute Gasteiger partial charge is 0.123 e. The molecule has 0 unspecified atom stereocenters. The Morgan fingerprint density at radius 3 is 2.68 bits per heavy atom. The Morgan fingerprint density at radius 1 is 1.24 bits per heavy atom. The van der Waals surface area contributed by atoms with Gasteiger partial charge >= 0.3 is 0 Å². The molecule has 1 aromatic carbocycles. The summed E-state index contributed by atoms with van der Waals surface area (Å²) in [5, 5.41) is 21.0. The van der Waals surface area contributed by atoms with Crippen LogP contribution >= 0.6 is 0 Å². The zero-order valence-corrected chi connectivity index (χ0v) is 15.0. The lowest BCUT2D eigenvalue weighted by molar-refractivity contribution is -0.246. The molecule has 3 heterocycles. The van der Waals surface area contributed by atoms with Gasteiger partial charge in [-0.3, -0.25) is 4.90 Å². The number of hydrogen-bond donors (Lipinski definition) is 2. The van der Waals surface area contributed by atoms with E-state index in [2.05, 4.69) is 22.6 Å². The lowest BCUT2D eigenvalue weighted by Crippen LogP contribution is -2.64. The summed E-state index contributed by atoms with van der Waals surface area (Å²) in [6, 6.07) is 8.17. The van der Waals surface area contributed by atoms with Crippen LogP contribution in [0.3, 0.4) is 0 Å². The first-order chi connectivity index (χ1) is 11.9. The maximum absolute atomic E-state index is 10.6. The van der Waals surface area contributed by atoms with Crippen LogP contribution in [0.15, 0.2) is 24.3 Å². The van der Waals surface area contributed by atoms with Crippen molar-refractivity contribution in [3.8, 4) is 0 Å². The summed E-state index contributed by atoms with van der Waals surface area (Å²) in [5.41, 5.74) is 0.506. The highest BCUT2D eigenvalue weighted by Gasteiger charge is 2.52. The molecular weight excluding hydrogens is 318 g/mol. The Hall–Kier alpha value is -1.47. The predicted octanol–water partition coefficient (Wildman–Crippen LogP) is 1.44. The van der Waals surface area contributed by atoms with Gasteiger partial charge in [0.15, 0.2) is 0 Å². The third kappa shape index (κ3) is 2.87. The van der Waals surface area contributed by atoms with Gasteiger partial charge in [0.2, 0.25) is 0 Å². The Kier molecular flexibility index (Phi) is 4.11. The summed E-state index contributed by atoms with van der Waals surface area (Å²) in [6.45, 7) is 4.67. The zero-order valence-electron chi connectivity index (χ0n) is 15.0. The predicted molar refractivity (Wildman–Crippen MR) is 95.2 cm³/mol. The van der Waals surface area contributed by atoms with Crippen LogP contribution in [0.4, 0.5) is 0 Å². The van der Waals surface area contributed by atoms with Gasteiger partial charge in [0, 0.05) is 26.6 Å². The number of aliphatic hydroxyl groups is 2. The first-order valence-corrected chi connectivity index (χ1v) is 9.08. The van der Waals surface area contributed by atoms with Crippen molar-refractivity contribution in [2.45, 2.75) is 50.0 Å². The standard InChI is InChI=1S/C19H27N3O3/c1-18(24)9-12-25-19(17(18)23)7-10-22(11-8-19)13-16-20-14-5-3-4-6-15(14)21(16)2/h3-6,17,23-24H,7-13H2,1-2H3/t17-,18+/m0/s1. The highest BCUT2D eigenvalue weighted by atomic mass is 16.5. The minimum atomic E-state index is -1.06. The second-order valence-corrected chi connectivity index (χ2v) is 7.77. The van der Waals surface area contributed by atoms with Gasteiger partial charge in [0.1, 0.15) is 11.9 Å². The number of rotatable bonds is 2. The highest BCUT2D eigenvalue weighted by Crippen LogP contribution is 2.40. The second-order valence-electron chi connectivity index (χ2n) is 7.77. The van der Waals surface area contributed by atoms with Crippen LogP contribution in [0, 0.1) is 0 Å². The van der Waals surface area contributed by atoms with Gasteiger partial charge in [-0.1, -0.05) is 12.1 Å². The fourth-order valence-electron chi connectivity index (χ4n) is 4.29. The molecule has 6 heteroatoms. The molecule has 0 aliphatic carbocycles. The summed E-state index contributed by atoms with van der Waals surface area (Å²) in [4.78, 5) is 7.10. The molecule has 2 N–H and O–H groups in total. The number of benzene rings is 1. The van der Waals surface area contributed by atoms with Crippen molar-refractivity contribution in [3.05, 3.63) is 30.1 Å². The number of para-hydroxylation sites is 2. The number of likely N-dealkylation sites (tertiary alicyclic amines) is 1. The summed E-state index contributed by atoms with van der Waals surface area (Å²) in [6.07, 6.45) is 1.12. The Bertz CT molecular complexity index is 762. The van der Waals surface area contributed by atoms with Crippen molar-refractivity contribution in [2.24, 2.45) is 7.05 Å². The van der Waals surface area contributed by atoms with E-state index in [1.807, 2.05) is 18.2 Å². The third-order valence-electron chi connectivity index (χ3n) is 6.03. The molecule has 136 valence electrons. The van der Waals surface area contributed by atoms with E-state index in [0.29, 0.717) is 13.0 Å². The van der Waals surface area contributed by atoms with Crippen LogP contribution in [-0.4, -0.2) is 61.7 Å². The first kappa shape index (κ1) is 17.0. The molecule has 2 aliphatic rings. The summed E-state index contributed by atoms with van der Waals surface area (Å²) in [5.74, 6) is 1.05. The largest absolute Gasteiger partial charge is 0.387 e. The van der Waals surface area contributed by atoms with Gasteiger partial charge in [-0.25, -0.2) is 4.98 Å². The minimum absolute atomic E-state index is 0.486. The number of piperidine rings is 1. The molecule has 2 saturated heterocycles. The molecule has 6 nitrogen and oxygen atoms in total. The van der Waals surface area contributed by atoms with Gasteiger partial charge in [-0.05, 0) is 31.9 Å². The highest BCUT2D eigenvalue weighted by molar-refractivity contribution is 5.75. The lowest BCUT2D eigenvalue weighted by Gasteiger charge is -2.51. The van der Waals surface area contributed by atoms with E-state index in [9.17, 15) is 10.2 Å². The number of nitrogens with zero attached hydrogens (tertiary/aromatic N) is 3. The van der Waals surface area contributed by atoms with E-state index < -0.39 is 17.3 Å². The fourth-order valence-corrected chi connectivity index (χ4v) is 4.29. The van der Waals surface area contributed by atoms with Gasteiger partial charge in [0.25, 0.3) is 0 Å². The molecule has 2 fully saturated rings. The molecular formula is C19H27N3O3. The first-order valence-electron chi connectivity index (χ1n) is 9.08. The Labute approximate surface area is 148 Å². The van der Waals surface area contributed by atoms with Crippen LogP contribution in [-0.2, 0) is 18.3 Å². The van der Waals surface area contributed by atoms with Crippen LogP contribution in [0.2, 0.25) is 0 Å². The number of aromatic nitrogens is 2. The summed E-state index contributed by atoms with van der Waals surface area (Å²) < 4.78 is 8.12. The fraction of sp³-hybridized carbons (Fsp3) is 0.632. The van der Waals surface area contributed by atoms with Crippen molar-refractivity contribution < 1.29 is 14.9 Å². The van der Waals surface area contributed by atoms with Gasteiger partial charge in [-0.2, -0.15) is 0 Å². The monoisotopic (exact) mass is 345 g/mol. The molecule has 25 heavy (non-hydrogen) atoms. The molecule has 1 spiro atoms. The van der Waals surface area contributed by atoms with Crippen LogP contribution in [0.5, 0.6) is 0 Å². The molecule has 0 bridgehead atoms. The molecule has 2 aromatic rings. The Balaban J connectivity index is 1.46. The van der Waals surface area contributed by atoms with Crippen LogP contribution in [0.25, 0.3) is 11.0 Å². The van der Waals surface area contributed by atoms with E-state index >= 15 is 0 Å². The maximum Gasteiger partial charge on any atom is 0.123 e. The van der Waals surface area contributed by atoms with Crippen molar-refractivity contribution in [1.29, 1.82) is 0 Å². The van der Waals surface area contributed by atoms with E-state index in [4.69, 9.17) is 9.72 Å². The number of ether oxygens (including phenoxy) is 1. The summed E-state index contributed by atoms with van der Waals surface area (Å²) >= 11 is 0. The van der Waals surface area contributed by atoms with Gasteiger partial charge in [0.05, 0.1) is 35.4 Å². The molecule has 1 aromatic heterocycles. The second kappa shape index (κ2) is 6.06. The van der Waals surface area contributed by atoms with Gasteiger partial charge < -0.3 is 19.5 Å². The molecule has 0 saturated carbocycles. The maximum atomic E-state index is 10.6. The van der Waals surface area contributed by atoms with E-state index in [1.165, 1.54) is 0 Å². The van der Waals surface area contributed by atoms with Crippen molar-refractivity contribution >= 4 is 11.0 Å².